The van der Waals surface area contributed by atoms with E-state index in [0.29, 0.717) is 0 Å². The third kappa shape index (κ3) is 30.2. The zero-order chi connectivity index (χ0) is 15.1. The van der Waals surface area contributed by atoms with Crippen molar-refractivity contribution in [2.24, 2.45) is 0 Å². The van der Waals surface area contributed by atoms with Crippen LogP contribution in [0.1, 0.15) is 66.4 Å². The van der Waals surface area contributed by atoms with Crippen molar-refractivity contribution < 1.29 is 13.2 Å². The maximum absolute atomic E-state index is 10.4. The maximum Gasteiger partial charge on any atom is 0.386 e. The average Bonchev–Trinajstić information content (AvgIpc) is 2.30. The molecule has 0 aliphatic rings. The molecule has 3 heteroatoms. The van der Waals surface area contributed by atoms with Crippen LogP contribution in [0.15, 0.2) is 30.3 Å². The van der Waals surface area contributed by atoms with Gasteiger partial charge in [-0.3, -0.25) is 0 Å². The van der Waals surface area contributed by atoms with Gasteiger partial charge in [0.15, 0.2) is 0 Å². The Morgan fingerprint density at radius 1 is 0.850 bits per heavy atom. The highest BCUT2D eigenvalue weighted by Gasteiger charge is 2.15. The molecule has 0 saturated heterocycles. The fourth-order valence-corrected chi connectivity index (χ4v) is 1.29. The molecule has 0 fully saturated rings. The highest BCUT2D eigenvalue weighted by Crippen LogP contribution is 2.10. The molecule has 1 aromatic carbocycles. The summed E-state index contributed by atoms with van der Waals surface area (Å²) in [6, 6.07) is 10.6. The Hall–Kier alpha value is -0.990. The van der Waals surface area contributed by atoms with Crippen LogP contribution in [-0.4, -0.2) is 6.18 Å². The van der Waals surface area contributed by atoms with Crippen LogP contribution in [0, 0.1) is 0 Å². The third-order valence-corrected chi connectivity index (χ3v) is 2.09. The quantitative estimate of drug-likeness (QED) is 0.558. The van der Waals surface area contributed by atoms with Gasteiger partial charge in [0.1, 0.15) is 0 Å². The van der Waals surface area contributed by atoms with Crippen molar-refractivity contribution in [2.45, 2.75) is 73.4 Å². The normalized spacial score (nSPS) is 9.35. The fourth-order valence-electron chi connectivity index (χ4n) is 1.29. The summed E-state index contributed by atoms with van der Waals surface area (Å²) in [5, 5.41) is 0. The number of aryl methyl sites for hydroxylation is 1. The molecule has 0 N–H and O–H groups in total. The first-order chi connectivity index (χ1) is 8.85. The van der Waals surface area contributed by atoms with Crippen molar-refractivity contribution in [2.75, 3.05) is 0 Å². The van der Waals surface area contributed by atoms with Gasteiger partial charge in [0.25, 0.3) is 0 Å². The molecule has 0 heterocycles. The topological polar surface area (TPSA) is 0 Å². The summed E-state index contributed by atoms with van der Waals surface area (Å²) in [4.78, 5) is 0. The van der Waals surface area contributed by atoms with E-state index in [1.54, 1.807) is 0 Å². The van der Waals surface area contributed by atoms with E-state index >= 15 is 0 Å². The monoisotopic (exact) mass is 292 g/mol. The SMILES string of the molecule is C.CC(F)(F)F.CCCCC.CCCc1ccccc1. The molecule has 20 heavy (non-hydrogen) atoms. The van der Waals surface area contributed by atoms with Gasteiger partial charge in [-0.25, -0.2) is 0 Å². The Morgan fingerprint density at radius 3 is 1.50 bits per heavy atom. The van der Waals surface area contributed by atoms with Crippen LogP contribution < -0.4 is 0 Å². The molecule has 0 aliphatic carbocycles. The summed E-state index contributed by atoms with van der Waals surface area (Å²) < 4.78 is 31.1. The lowest BCUT2D eigenvalue weighted by Crippen LogP contribution is -1.95. The van der Waals surface area contributed by atoms with Crippen LogP contribution in [0.5, 0.6) is 0 Å². The fraction of sp³-hybridized carbons (Fsp3) is 0.647. The number of hydrogen-bond donors (Lipinski definition) is 0. The molecule has 0 aliphatic heterocycles. The Kier molecular flexibility index (Phi) is 19.3. The van der Waals surface area contributed by atoms with E-state index in [-0.39, 0.29) is 14.4 Å². The van der Waals surface area contributed by atoms with Crippen molar-refractivity contribution in [1.29, 1.82) is 0 Å². The lowest BCUT2D eigenvalue weighted by atomic mass is 10.1. The molecule has 0 unspecified atom stereocenters. The predicted octanol–water partition coefficient (Wildman–Crippen LogP) is 7.04. The lowest BCUT2D eigenvalue weighted by Gasteiger charge is -1.93. The van der Waals surface area contributed by atoms with Gasteiger partial charge in [-0.1, -0.05) is 84.2 Å². The first-order valence-electron chi connectivity index (χ1n) is 6.95. The Bertz CT molecular complexity index is 257. The van der Waals surface area contributed by atoms with Crippen molar-refractivity contribution in [3.63, 3.8) is 0 Å². The Morgan fingerprint density at radius 2 is 1.25 bits per heavy atom. The molecule has 0 amide bonds. The molecule has 0 saturated carbocycles. The maximum atomic E-state index is 10.4. The van der Waals surface area contributed by atoms with E-state index in [9.17, 15) is 13.2 Å². The van der Waals surface area contributed by atoms with Crippen molar-refractivity contribution in [1.82, 2.24) is 0 Å². The van der Waals surface area contributed by atoms with Crippen LogP contribution in [0.25, 0.3) is 0 Å². The summed E-state index contributed by atoms with van der Waals surface area (Å²) >= 11 is 0. The molecule has 120 valence electrons. The first-order valence-corrected chi connectivity index (χ1v) is 6.95. The second-order valence-corrected chi connectivity index (χ2v) is 4.37. The molecule has 0 aromatic heterocycles. The minimum absolute atomic E-state index is 0. The van der Waals surface area contributed by atoms with E-state index < -0.39 is 6.18 Å². The second kappa shape index (κ2) is 16.1. The van der Waals surface area contributed by atoms with Crippen molar-refractivity contribution in [3.8, 4) is 0 Å². The van der Waals surface area contributed by atoms with Gasteiger partial charge in [0.05, 0.1) is 0 Å². The predicted molar refractivity (Wildman–Crippen MR) is 84.1 cm³/mol. The molecule has 0 radical (unpaired) electrons. The van der Waals surface area contributed by atoms with Crippen LogP contribution in [0.3, 0.4) is 0 Å². The second-order valence-electron chi connectivity index (χ2n) is 4.37. The number of unbranched alkanes of at least 4 members (excludes halogenated alkanes) is 2. The number of rotatable bonds is 4. The minimum Gasteiger partial charge on any atom is -0.172 e. The first kappa shape index (κ1) is 24.1. The summed E-state index contributed by atoms with van der Waals surface area (Å²) in [5.41, 5.74) is 1.44. The van der Waals surface area contributed by atoms with Crippen LogP contribution in [0.2, 0.25) is 0 Å². The Labute approximate surface area is 123 Å². The van der Waals surface area contributed by atoms with Crippen molar-refractivity contribution >= 4 is 0 Å². The third-order valence-electron chi connectivity index (χ3n) is 2.09. The van der Waals surface area contributed by atoms with Crippen LogP contribution in [0.4, 0.5) is 13.2 Å². The molecule has 0 spiro atoms. The van der Waals surface area contributed by atoms with Gasteiger partial charge in [0, 0.05) is 6.92 Å². The smallest absolute Gasteiger partial charge is 0.172 e. The highest BCUT2D eigenvalue weighted by molar-refractivity contribution is 5.14. The Balaban J connectivity index is -0.000000230. The molecular formula is C17H31F3. The molecule has 0 atom stereocenters. The zero-order valence-corrected chi connectivity index (χ0v) is 12.6. The summed E-state index contributed by atoms with van der Waals surface area (Å²) in [5.74, 6) is 0. The molecular weight excluding hydrogens is 261 g/mol. The van der Waals surface area contributed by atoms with E-state index in [1.807, 2.05) is 0 Å². The zero-order valence-electron chi connectivity index (χ0n) is 12.6. The lowest BCUT2D eigenvalue weighted by molar-refractivity contribution is -0.110. The van der Waals surface area contributed by atoms with Gasteiger partial charge >= 0.3 is 6.18 Å². The average molecular weight is 292 g/mol. The number of alkyl halides is 3. The summed E-state index contributed by atoms with van der Waals surface area (Å²) in [6.07, 6.45) is 2.53. The number of benzene rings is 1. The largest absolute Gasteiger partial charge is 0.386 e. The molecule has 0 nitrogen and oxygen atoms in total. The highest BCUT2D eigenvalue weighted by atomic mass is 19.4. The number of halogens is 3. The minimum atomic E-state index is -4.00. The van der Waals surface area contributed by atoms with Gasteiger partial charge in [-0.05, 0) is 12.0 Å². The van der Waals surface area contributed by atoms with Gasteiger partial charge in [-0.15, -0.1) is 0 Å². The van der Waals surface area contributed by atoms with Gasteiger partial charge < -0.3 is 0 Å². The van der Waals surface area contributed by atoms with Crippen molar-refractivity contribution in [3.05, 3.63) is 35.9 Å². The van der Waals surface area contributed by atoms with Gasteiger partial charge in [0.2, 0.25) is 0 Å². The van der Waals surface area contributed by atoms with E-state index in [4.69, 9.17) is 0 Å². The van der Waals surface area contributed by atoms with E-state index in [0.717, 1.165) is 0 Å². The standard InChI is InChI=1S/C9H12.C5H12.C2H3F3.CH4/c1-2-6-9-7-4-3-5-8-9;1-3-5-4-2;1-2(3,4)5;/h3-5,7-8H,2,6H2,1H3;3-5H2,1-2H3;1H3;1H4. The number of hydrogen-bond acceptors (Lipinski definition) is 0. The van der Waals surface area contributed by atoms with E-state index in [2.05, 4.69) is 51.1 Å². The van der Waals surface area contributed by atoms with Crippen LogP contribution in [-0.2, 0) is 6.42 Å². The molecule has 0 bridgehead atoms. The van der Waals surface area contributed by atoms with Gasteiger partial charge in [-0.2, -0.15) is 13.2 Å². The molecule has 1 rings (SSSR count). The van der Waals surface area contributed by atoms with Crippen LogP contribution >= 0.6 is 0 Å². The summed E-state index contributed by atoms with van der Waals surface area (Å²) in [6.45, 7) is 6.81. The van der Waals surface area contributed by atoms with E-state index in [1.165, 1.54) is 37.7 Å². The summed E-state index contributed by atoms with van der Waals surface area (Å²) in [7, 11) is 0. The molecule has 1 aromatic rings.